The maximum atomic E-state index is 8.98. The Morgan fingerprint density at radius 3 is 2.75 bits per heavy atom. The van der Waals surface area contributed by atoms with Crippen molar-refractivity contribution < 1.29 is 0 Å². The summed E-state index contributed by atoms with van der Waals surface area (Å²) in [7, 11) is 1.85. The van der Waals surface area contributed by atoms with Gasteiger partial charge in [0.1, 0.15) is 17.7 Å². The van der Waals surface area contributed by atoms with Crippen molar-refractivity contribution >= 4 is 5.82 Å². The van der Waals surface area contributed by atoms with Crippen molar-refractivity contribution in [3.8, 4) is 17.3 Å². The van der Waals surface area contributed by atoms with Crippen LogP contribution in [0.1, 0.15) is 30.3 Å². The number of hydrogen-bond acceptors (Lipinski definition) is 5. The average Bonchev–Trinajstić information content (AvgIpc) is 2.49. The van der Waals surface area contributed by atoms with E-state index in [9.17, 15) is 0 Å². The van der Waals surface area contributed by atoms with E-state index in [1.807, 2.05) is 14.0 Å². The first-order valence-electron chi connectivity index (χ1n) is 6.60. The van der Waals surface area contributed by atoms with Gasteiger partial charge in [0, 0.05) is 37.0 Å². The predicted molar refractivity (Wildman–Crippen MR) is 78.3 cm³/mol. The lowest BCUT2D eigenvalue weighted by atomic mass is 10.1. The fourth-order valence-corrected chi connectivity index (χ4v) is 2.05. The summed E-state index contributed by atoms with van der Waals surface area (Å²) in [4.78, 5) is 13.2. The van der Waals surface area contributed by atoms with E-state index in [2.05, 4.69) is 33.3 Å². The molecule has 0 radical (unpaired) electrons. The summed E-state index contributed by atoms with van der Waals surface area (Å²) in [6.07, 6.45) is 5.09. The largest absolute Gasteiger partial charge is 0.373 e. The molecule has 0 aliphatic carbocycles. The van der Waals surface area contributed by atoms with Crippen molar-refractivity contribution in [1.82, 2.24) is 15.0 Å². The van der Waals surface area contributed by atoms with Gasteiger partial charge in [-0.15, -0.1) is 0 Å². The molecule has 0 aromatic carbocycles. The number of anilines is 1. The van der Waals surface area contributed by atoms with Gasteiger partial charge in [0.2, 0.25) is 0 Å². The van der Waals surface area contributed by atoms with E-state index < -0.39 is 0 Å². The fourth-order valence-electron chi connectivity index (χ4n) is 2.05. The van der Waals surface area contributed by atoms with Crippen LogP contribution in [0.2, 0.25) is 0 Å². The number of rotatable bonds is 4. The lowest BCUT2D eigenvalue weighted by Gasteiger charge is -2.12. The Balaban J connectivity index is 2.59. The van der Waals surface area contributed by atoms with E-state index in [0.29, 0.717) is 5.56 Å². The van der Waals surface area contributed by atoms with Crippen molar-refractivity contribution in [2.75, 3.05) is 12.4 Å². The number of aromatic nitrogens is 3. The van der Waals surface area contributed by atoms with Gasteiger partial charge in [-0.1, -0.05) is 6.92 Å². The van der Waals surface area contributed by atoms with Gasteiger partial charge in [-0.25, -0.2) is 9.97 Å². The monoisotopic (exact) mass is 267 g/mol. The summed E-state index contributed by atoms with van der Waals surface area (Å²) in [5.74, 6) is 1.63. The Morgan fingerprint density at radius 1 is 1.30 bits per heavy atom. The van der Waals surface area contributed by atoms with Gasteiger partial charge in [0.15, 0.2) is 0 Å². The molecule has 0 saturated heterocycles. The topological polar surface area (TPSA) is 74.5 Å². The van der Waals surface area contributed by atoms with Crippen LogP contribution in [-0.4, -0.2) is 22.0 Å². The van der Waals surface area contributed by atoms with Crippen LogP contribution in [0, 0.1) is 18.3 Å². The van der Waals surface area contributed by atoms with Crippen molar-refractivity contribution in [3.63, 3.8) is 0 Å². The van der Waals surface area contributed by atoms with Crippen LogP contribution in [-0.2, 0) is 6.42 Å². The van der Waals surface area contributed by atoms with Crippen LogP contribution >= 0.6 is 0 Å². The normalized spacial score (nSPS) is 10.1. The van der Waals surface area contributed by atoms with Gasteiger partial charge in [0.25, 0.3) is 0 Å². The first-order chi connectivity index (χ1) is 9.69. The maximum absolute atomic E-state index is 8.98. The summed E-state index contributed by atoms with van der Waals surface area (Å²) in [5, 5.41) is 12.1. The van der Waals surface area contributed by atoms with Gasteiger partial charge < -0.3 is 5.32 Å². The fraction of sp³-hybridized carbons (Fsp3) is 0.333. The second-order valence-electron chi connectivity index (χ2n) is 4.54. The molecule has 2 rings (SSSR count). The molecule has 2 aromatic rings. The molecule has 0 saturated carbocycles. The van der Waals surface area contributed by atoms with Gasteiger partial charge in [0.05, 0.1) is 11.3 Å². The van der Waals surface area contributed by atoms with Crippen molar-refractivity contribution in [2.24, 2.45) is 0 Å². The summed E-state index contributed by atoms with van der Waals surface area (Å²) < 4.78 is 0. The van der Waals surface area contributed by atoms with Gasteiger partial charge >= 0.3 is 0 Å². The van der Waals surface area contributed by atoms with Gasteiger partial charge in [-0.05, 0) is 19.4 Å². The third-order valence-corrected chi connectivity index (χ3v) is 3.04. The average molecular weight is 267 g/mol. The highest BCUT2D eigenvalue weighted by Gasteiger charge is 2.12. The molecule has 2 aromatic heterocycles. The van der Waals surface area contributed by atoms with E-state index in [0.717, 1.165) is 41.3 Å². The zero-order chi connectivity index (χ0) is 14.5. The number of aryl methyl sites for hydroxylation is 1. The highest BCUT2D eigenvalue weighted by atomic mass is 15.0. The minimum absolute atomic E-state index is 0.531. The SMILES string of the molecule is CCCc1nc(NC)c(C)c(-c2cncc(C#N)c2)n1. The molecule has 0 spiro atoms. The third-order valence-electron chi connectivity index (χ3n) is 3.04. The Morgan fingerprint density at radius 2 is 2.10 bits per heavy atom. The molecule has 0 aliphatic heterocycles. The molecule has 0 fully saturated rings. The van der Waals surface area contributed by atoms with Crippen molar-refractivity contribution in [3.05, 3.63) is 35.4 Å². The standard InChI is InChI=1S/C15H17N5/c1-4-5-13-19-14(10(2)15(17-3)20-13)12-6-11(7-16)8-18-9-12/h6,8-9H,4-5H2,1-3H3,(H,17,19,20). The van der Waals surface area contributed by atoms with E-state index in [4.69, 9.17) is 5.26 Å². The number of pyridine rings is 1. The molecule has 0 atom stereocenters. The van der Waals surface area contributed by atoms with Crippen molar-refractivity contribution in [1.29, 1.82) is 5.26 Å². The molecular weight excluding hydrogens is 250 g/mol. The summed E-state index contributed by atoms with van der Waals surface area (Å²) in [5.41, 5.74) is 3.17. The molecule has 0 bridgehead atoms. The Hall–Kier alpha value is -2.48. The molecule has 0 unspecified atom stereocenters. The minimum Gasteiger partial charge on any atom is -0.373 e. The van der Waals surface area contributed by atoms with E-state index in [-0.39, 0.29) is 0 Å². The van der Waals surface area contributed by atoms with E-state index >= 15 is 0 Å². The quantitative estimate of drug-likeness (QED) is 0.921. The number of nitrogens with one attached hydrogen (secondary N) is 1. The molecule has 5 nitrogen and oxygen atoms in total. The predicted octanol–water partition coefficient (Wildman–Crippen LogP) is 2.71. The first kappa shape index (κ1) is 13.9. The lowest BCUT2D eigenvalue weighted by Crippen LogP contribution is -2.05. The molecule has 102 valence electrons. The summed E-state index contributed by atoms with van der Waals surface area (Å²) in [6, 6.07) is 3.91. The van der Waals surface area contributed by atoms with Crippen LogP contribution in [0.5, 0.6) is 0 Å². The molecule has 5 heteroatoms. The van der Waals surface area contributed by atoms with E-state index in [1.165, 1.54) is 0 Å². The highest BCUT2D eigenvalue weighted by molar-refractivity contribution is 5.68. The second-order valence-corrected chi connectivity index (χ2v) is 4.54. The zero-order valence-electron chi connectivity index (χ0n) is 11.9. The summed E-state index contributed by atoms with van der Waals surface area (Å²) >= 11 is 0. The van der Waals surface area contributed by atoms with E-state index in [1.54, 1.807) is 18.5 Å². The second kappa shape index (κ2) is 6.11. The first-order valence-corrected chi connectivity index (χ1v) is 6.60. The lowest BCUT2D eigenvalue weighted by molar-refractivity contribution is 0.834. The van der Waals surface area contributed by atoms with Crippen LogP contribution in [0.15, 0.2) is 18.5 Å². The van der Waals surface area contributed by atoms with Crippen LogP contribution in [0.25, 0.3) is 11.3 Å². The summed E-state index contributed by atoms with van der Waals surface area (Å²) in [6.45, 7) is 4.07. The molecule has 0 amide bonds. The third kappa shape index (κ3) is 2.75. The number of nitriles is 1. The van der Waals surface area contributed by atoms with Crippen LogP contribution in [0.3, 0.4) is 0 Å². The van der Waals surface area contributed by atoms with Crippen molar-refractivity contribution in [2.45, 2.75) is 26.7 Å². The number of hydrogen-bond donors (Lipinski definition) is 1. The Bertz CT molecular complexity index is 658. The van der Waals surface area contributed by atoms with Crippen LogP contribution < -0.4 is 5.32 Å². The maximum Gasteiger partial charge on any atom is 0.133 e. The van der Waals surface area contributed by atoms with Crippen LogP contribution in [0.4, 0.5) is 5.82 Å². The molecule has 20 heavy (non-hydrogen) atoms. The van der Waals surface area contributed by atoms with Gasteiger partial charge in [-0.2, -0.15) is 5.26 Å². The highest BCUT2D eigenvalue weighted by Crippen LogP contribution is 2.25. The Kier molecular flexibility index (Phi) is 4.26. The zero-order valence-corrected chi connectivity index (χ0v) is 11.9. The Labute approximate surface area is 118 Å². The molecule has 2 heterocycles. The van der Waals surface area contributed by atoms with Gasteiger partial charge in [-0.3, -0.25) is 4.98 Å². The number of nitrogens with zero attached hydrogens (tertiary/aromatic N) is 4. The molecule has 0 aliphatic rings. The molecular formula is C15H17N5. The smallest absolute Gasteiger partial charge is 0.133 e. The minimum atomic E-state index is 0.531. The molecule has 1 N–H and O–H groups in total.